The van der Waals surface area contributed by atoms with Crippen molar-refractivity contribution in [3.8, 4) is 0 Å². The Morgan fingerprint density at radius 2 is 1.53 bits per heavy atom. The van der Waals surface area contributed by atoms with Crippen LogP contribution < -0.4 is 0 Å². The fourth-order valence-corrected chi connectivity index (χ4v) is 1.42. The van der Waals surface area contributed by atoms with Gasteiger partial charge in [0.1, 0.15) is 0 Å². The minimum Gasteiger partial charge on any atom is -0.378 e. The Bertz CT molecular complexity index is 339. The second kappa shape index (κ2) is 4.09. The molecule has 0 amide bonds. The second-order valence-electron chi connectivity index (χ2n) is 5.17. The smallest absolute Gasteiger partial charge is 0.0361 e. The molecule has 1 aromatic carbocycles. The lowest BCUT2D eigenvalue weighted by Crippen LogP contribution is -2.12. The molecular formula is C14H21N. The molecule has 0 aliphatic heterocycles. The van der Waals surface area contributed by atoms with Crippen molar-refractivity contribution in [1.29, 1.82) is 0 Å². The molecule has 1 heteroatoms. The lowest BCUT2D eigenvalue weighted by molar-refractivity contribution is 0.587. The fourth-order valence-electron chi connectivity index (χ4n) is 1.42. The molecule has 0 bridgehead atoms. The maximum atomic E-state index is 4.04. The summed E-state index contributed by atoms with van der Waals surface area (Å²) in [6.07, 6.45) is 0. The molecular weight excluding hydrogens is 182 g/mol. The standard InChI is InChI=1S/C14H21N/c1-11(15(5)6)12-7-9-13(10-8-12)14(2,3)4/h7-10H,1H2,2-6H3. The zero-order valence-electron chi connectivity index (χ0n) is 10.5. The molecule has 0 saturated carbocycles. The van der Waals surface area contributed by atoms with Gasteiger partial charge in [0.15, 0.2) is 0 Å². The van der Waals surface area contributed by atoms with Crippen molar-refractivity contribution in [2.75, 3.05) is 14.1 Å². The molecule has 0 aliphatic carbocycles. The molecule has 0 aromatic heterocycles. The van der Waals surface area contributed by atoms with E-state index in [4.69, 9.17) is 0 Å². The molecule has 1 aromatic rings. The zero-order chi connectivity index (χ0) is 11.6. The quantitative estimate of drug-likeness (QED) is 0.711. The molecule has 0 atom stereocenters. The number of hydrogen-bond acceptors (Lipinski definition) is 1. The van der Waals surface area contributed by atoms with Crippen LogP contribution >= 0.6 is 0 Å². The van der Waals surface area contributed by atoms with Gasteiger partial charge in [0.25, 0.3) is 0 Å². The first kappa shape index (κ1) is 11.8. The van der Waals surface area contributed by atoms with E-state index in [1.165, 1.54) is 11.1 Å². The third-order valence-corrected chi connectivity index (χ3v) is 2.62. The molecule has 0 aliphatic rings. The van der Waals surface area contributed by atoms with E-state index >= 15 is 0 Å². The highest BCUT2D eigenvalue weighted by Gasteiger charge is 2.13. The summed E-state index contributed by atoms with van der Waals surface area (Å²) in [6, 6.07) is 8.65. The number of nitrogens with zero attached hydrogens (tertiary/aromatic N) is 1. The van der Waals surface area contributed by atoms with Gasteiger partial charge in [-0.3, -0.25) is 0 Å². The highest BCUT2D eigenvalue weighted by molar-refractivity contribution is 5.61. The van der Waals surface area contributed by atoms with E-state index in [1.807, 2.05) is 19.0 Å². The molecule has 0 saturated heterocycles. The van der Waals surface area contributed by atoms with Crippen molar-refractivity contribution in [3.63, 3.8) is 0 Å². The molecule has 1 rings (SSSR count). The number of hydrogen-bond donors (Lipinski definition) is 0. The Labute approximate surface area is 93.4 Å². The molecule has 0 unspecified atom stereocenters. The lowest BCUT2D eigenvalue weighted by Gasteiger charge is -2.21. The topological polar surface area (TPSA) is 3.24 Å². The summed E-state index contributed by atoms with van der Waals surface area (Å²) in [4.78, 5) is 2.03. The van der Waals surface area contributed by atoms with Gasteiger partial charge < -0.3 is 4.90 Å². The third kappa shape index (κ3) is 2.85. The summed E-state index contributed by atoms with van der Waals surface area (Å²) in [5, 5.41) is 0. The summed E-state index contributed by atoms with van der Waals surface area (Å²) < 4.78 is 0. The van der Waals surface area contributed by atoms with Crippen LogP contribution in [0.15, 0.2) is 30.8 Å². The Morgan fingerprint density at radius 1 is 1.07 bits per heavy atom. The van der Waals surface area contributed by atoms with Crippen LogP contribution in [-0.4, -0.2) is 19.0 Å². The van der Waals surface area contributed by atoms with Gasteiger partial charge >= 0.3 is 0 Å². The van der Waals surface area contributed by atoms with Gasteiger partial charge in [0.2, 0.25) is 0 Å². The predicted octanol–water partition coefficient (Wildman–Crippen LogP) is 3.52. The van der Waals surface area contributed by atoms with Crippen LogP contribution in [0.2, 0.25) is 0 Å². The van der Waals surface area contributed by atoms with Crippen LogP contribution in [0, 0.1) is 0 Å². The maximum absolute atomic E-state index is 4.04. The first-order valence-corrected chi connectivity index (χ1v) is 5.29. The van der Waals surface area contributed by atoms with Crippen LogP contribution in [0.4, 0.5) is 0 Å². The van der Waals surface area contributed by atoms with Crippen molar-refractivity contribution >= 4 is 5.70 Å². The van der Waals surface area contributed by atoms with Gasteiger partial charge in [-0.05, 0) is 16.5 Å². The van der Waals surface area contributed by atoms with E-state index in [1.54, 1.807) is 0 Å². The van der Waals surface area contributed by atoms with Crippen LogP contribution in [0.5, 0.6) is 0 Å². The Kier molecular flexibility index (Phi) is 3.23. The Morgan fingerprint density at radius 3 is 1.87 bits per heavy atom. The highest BCUT2D eigenvalue weighted by atomic mass is 15.1. The van der Waals surface area contributed by atoms with Crippen molar-refractivity contribution in [2.45, 2.75) is 26.2 Å². The largest absolute Gasteiger partial charge is 0.378 e. The fraction of sp³-hybridized carbons (Fsp3) is 0.429. The molecule has 0 heterocycles. The Balaban J connectivity index is 2.96. The van der Waals surface area contributed by atoms with Crippen molar-refractivity contribution in [2.24, 2.45) is 0 Å². The number of benzene rings is 1. The van der Waals surface area contributed by atoms with Gasteiger partial charge in [-0.15, -0.1) is 0 Å². The van der Waals surface area contributed by atoms with Gasteiger partial charge in [-0.2, -0.15) is 0 Å². The monoisotopic (exact) mass is 203 g/mol. The molecule has 15 heavy (non-hydrogen) atoms. The normalized spacial score (nSPS) is 11.3. The molecule has 1 nitrogen and oxygen atoms in total. The van der Waals surface area contributed by atoms with E-state index in [2.05, 4.69) is 51.6 Å². The average molecular weight is 203 g/mol. The highest BCUT2D eigenvalue weighted by Crippen LogP contribution is 2.24. The van der Waals surface area contributed by atoms with Gasteiger partial charge in [-0.1, -0.05) is 51.6 Å². The van der Waals surface area contributed by atoms with Crippen LogP contribution in [-0.2, 0) is 5.41 Å². The molecule has 0 fully saturated rings. The molecule has 82 valence electrons. The van der Waals surface area contributed by atoms with E-state index < -0.39 is 0 Å². The molecule has 0 spiro atoms. The first-order chi connectivity index (χ1) is 6.82. The van der Waals surface area contributed by atoms with Crippen molar-refractivity contribution < 1.29 is 0 Å². The summed E-state index contributed by atoms with van der Waals surface area (Å²) in [5.41, 5.74) is 3.82. The van der Waals surface area contributed by atoms with Gasteiger partial charge in [-0.25, -0.2) is 0 Å². The van der Waals surface area contributed by atoms with Gasteiger partial charge in [0.05, 0.1) is 0 Å². The third-order valence-electron chi connectivity index (χ3n) is 2.62. The van der Waals surface area contributed by atoms with E-state index in [0.29, 0.717) is 0 Å². The lowest BCUT2D eigenvalue weighted by atomic mass is 9.86. The van der Waals surface area contributed by atoms with E-state index in [0.717, 1.165) is 5.70 Å². The van der Waals surface area contributed by atoms with Crippen LogP contribution in [0.3, 0.4) is 0 Å². The summed E-state index contributed by atoms with van der Waals surface area (Å²) >= 11 is 0. The SMILES string of the molecule is C=C(c1ccc(C(C)(C)C)cc1)N(C)C. The first-order valence-electron chi connectivity index (χ1n) is 5.29. The molecule has 0 radical (unpaired) electrons. The molecule has 0 N–H and O–H groups in total. The van der Waals surface area contributed by atoms with Gasteiger partial charge in [0, 0.05) is 19.8 Å². The second-order valence-corrected chi connectivity index (χ2v) is 5.17. The van der Waals surface area contributed by atoms with Crippen molar-refractivity contribution in [3.05, 3.63) is 42.0 Å². The van der Waals surface area contributed by atoms with E-state index in [-0.39, 0.29) is 5.41 Å². The Hall–Kier alpha value is -1.24. The summed E-state index contributed by atoms with van der Waals surface area (Å²) in [5.74, 6) is 0. The van der Waals surface area contributed by atoms with Crippen molar-refractivity contribution in [1.82, 2.24) is 4.90 Å². The van der Waals surface area contributed by atoms with Crippen LogP contribution in [0.1, 0.15) is 31.9 Å². The van der Waals surface area contributed by atoms with Crippen LogP contribution in [0.25, 0.3) is 5.70 Å². The van der Waals surface area contributed by atoms with E-state index in [9.17, 15) is 0 Å². The summed E-state index contributed by atoms with van der Waals surface area (Å²) in [6.45, 7) is 10.7. The minimum atomic E-state index is 0.220. The minimum absolute atomic E-state index is 0.220. The number of rotatable bonds is 2. The predicted molar refractivity (Wildman–Crippen MR) is 67.9 cm³/mol. The maximum Gasteiger partial charge on any atom is 0.0361 e. The summed E-state index contributed by atoms with van der Waals surface area (Å²) in [7, 11) is 4.03. The zero-order valence-corrected chi connectivity index (χ0v) is 10.5. The average Bonchev–Trinajstić information content (AvgIpc) is 2.15.